The first-order chi connectivity index (χ1) is 4.15. The molecule has 1 atom stereocenters. The Morgan fingerprint density at radius 3 is 1.40 bits per heavy atom. The molecule has 0 N–H and O–H groups in total. The van der Waals surface area contributed by atoms with Crippen LogP contribution in [0.2, 0.25) is 0 Å². The fourth-order valence-corrected chi connectivity index (χ4v) is 1.14. The van der Waals surface area contributed by atoms with E-state index in [-0.39, 0.29) is 0 Å². The molecule has 0 heterocycles. The zero-order chi connectivity index (χ0) is 8.58. The van der Waals surface area contributed by atoms with E-state index in [9.17, 15) is 25.8 Å². The molecule has 0 saturated heterocycles. The van der Waals surface area contributed by atoms with Gasteiger partial charge in [-0.25, -0.2) is 0 Å². The Morgan fingerprint density at radius 2 is 1.40 bits per heavy atom. The molecule has 0 radical (unpaired) electrons. The van der Waals surface area contributed by atoms with Crippen LogP contribution < -0.4 is 0 Å². The molecule has 0 aromatic rings. The van der Waals surface area contributed by atoms with Crippen molar-refractivity contribution in [3.63, 3.8) is 0 Å². The molecule has 0 aliphatic carbocycles. The molecule has 0 rings (SSSR count). The van der Waals surface area contributed by atoms with E-state index in [1.165, 1.54) is 0 Å². The van der Waals surface area contributed by atoms with Gasteiger partial charge in [0.05, 0.1) is 0 Å². The molecule has 0 bridgehead atoms. The number of halogens is 6. The number of alkyl halides is 6. The van der Waals surface area contributed by atoms with Crippen LogP contribution in [0.5, 0.6) is 0 Å². The third kappa shape index (κ3) is 2.90. The summed E-state index contributed by atoms with van der Waals surface area (Å²) in [5, 5.41) is -5.37. The maximum atomic E-state index is 11.4. The molecule has 0 aromatic heterocycles. The van der Waals surface area contributed by atoms with E-state index < -0.39 is 23.2 Å². The quantitative estimate of drug-likeness (QED) is 0.394. The zero-order valence-corrected chi connectivity index (χ0v) is 6.55. The summed E-state index contributed by atoms with van der Waals surface area (Å²) in [7, 11) is 0. The van der Waals surface area contributed by atoms with Gasteiger partial charge in [0.2, 0.25) is 0 Å². The van der Waals surface area contributed by atoms with Crippen LogP contribution in [0.3, 0.4) is 0 Å². The van der Waals surface area contributed by atoms with Gasteiger partial charge >= 0.3 is 60.6 Å². The normalized spacial score (nSPS) is 17.0. The van der Waals surface area contributed by atoms with E-state index in [1.54, 1.807) is 0 Å². The van der Waals surface area contributed by atoms with Crippen LogP contribution in [0.1, 0.15) is 0 Å². The second kappa shape index (κ2) is 2.71. The summed E-state index contributed by atoms with van der Waals surface area (Å²) >= 11 is -1.40. The van der Waals surface area contributed by atoms with Crippen LogP contribution in [0.4, 0.5) is 22.0 Å². The Balaban J connectivity index is 4.40. The third-order valence-corrected chi connectivity index (χ3v) is 2.91. The molecule has 0 aliphatic rings. The first-order valence-corrected chi connectivity index (χ1v) is 4.50. The van der Waals surface area contributed by atoms with Crippen LogP contribution >= 0.6 is 11.6 Å². The van der Waals surface area contributed by atoms with Gasteiger partial charge in [0.15, 0.2) is 0 Å². The van der Waals surface area contributed by atoms with Crippen molar-refractivity contribution in [2.45, 2.75) is 9.35 Å². The molecule has 0 saturated carbocycles. The minimum atomic E-state index is -5.37. The molecule has 10 heavy (non-hydrogen) atoms. The predicted molar refractivity (Wildman–Crippen MR) is 23.3 cm³/mol. The molecular formula is C2ClF5OSe. The van der Waals surface area contributed by atoms with Gasteiger partial charge in [0, 0.05) is 0 Å². The average Bonchev–Trinajstić information content (AvgIpc) is 1.59. The van der Waals surface area contributed by atoms with E-state index in [0.29, 0.717) is 0 Å². The Kier molecular flexibility index (Phi) is 2.78. The van der Waals surface area contributed by atoms with E-state index >= 15 is 0 Å². The summed E-state index contributed by atoms with van der Waals surface area (Å²) < 4.78 is 61.2. The van der Waals surface area contributed by atoms with E-state index in [4.69, 9.17) is 0 Å². The predicted octanol–water partition coefficient (Wildman–Crippen LogP) is 1.88. The van der Waals surface area contributed by atoms with E-state index in [0.717, 1.165) is 0 Å². The van der Waals surface area contributed by atoms with Gasteiger partial charge in [-0.15, -0.1) is 0 Å². The fraction of sp³-hybridized carbons (Fsp3) is 1.00. The Bertz CT molecular complexity index is 131. The number of hydrogen-bond donors (Lipinski definition) is 0. The van der Waals surface area contributed by atoms with Crippen molar-refractivity contribution in [2.24, 2.45) is 0 Å². The van der Waals surface area contributed by atoms with Crippen LogP contribution in [-0.4, -0.2) is 23.2 Å². The summed E-state index contributed by atoms with van der Waals surface area (Å²) in [5.74, 6) is 0. The molecule has 1 unspecified atom stereocenters. The van der Waals surface area contributed by atoms with Crippen molar-refractivity contribution >= 4 is 25.4 Å². The summed E-state index contributed by atoms with van der Waals surface area (Å²) in [5.41, 5.74) is 0. The van der Waals surface area contributed by atoms with Crippen molar-refractivity contribution in [3.05, 3.63) is 0 Å². The zero-order valence-electron chi connectivity index (χ0n) is 4.08. The summed E-state index contributed by atoms with van der Waals surface area (Å²) in [6, 6.07) is 0. The van der Waals surface area contributed by atoms with Gasteiger partial charge in [-0.3, -0.25) is 0 Å². The Hall–Kier alpha value is 0.259. The molecule has 8 heteroatoms. The molecule has 0 fully saturated rings. The molecule has 1 nitrogen and oxygen atoms in total. The Labute approximate surface area is 61.2 Å². The molecule has 0 aliphatic heterocycles. The molecule has 62 valence electrons. The van der Waals surface area contributed by atoms with Crippen molar-refractivity contribution in [2.75, 3.05) is 0 Å². The minimum absolute atomic E-state index is 3.86. The van der Waals surface area contributed by atoms with Gasteiger partial charge in [0.1, 0.15) is 0 Å². The van der Waals surface area contributed by atoms with Crippen molar-refractivity contribution < 1.29 is 25.8 Å². The average molecular weight is 249 g/mol. The van der Waals surface area contributed by atoms with Gasteiger partial charge in [-0.2, -0.15) is 0 Å². The molecule has 0 amide bonds. The van der Waals surface area contributed by atoms with Crippen LogP contribution in [0, 0.1) is 0 Å². The molecule has 0 spiro atoms. The SMILES string of the molecule is O=[Se](C(F)(F)F)C(F)(F)Cl. The number of hydrogen-bond acceptors (Lipinski definition) is 1. The second-order valence-corrected chi connectivity index (χ2v) is 5.32. The van der Waals surface area contributed by atoms with Crippen molar-refractivity contribution in [1.29, 1.82) is 0 Å². The fourth-order valence-electron chi connectivity index (χ4n) is 0.131. The number of rotatable bonds is 1. The third-order valence-electron chi connectivity index (χ3n) is 0.420. The second-order valence-electron chi connectivity index (χ2n) is 1.16. The van der Waals surface area contributed by atoms with Gasteiger partial charge in [-0.05, 0) is 0 Å². The van der Waals surface area contributed by atoms with Crippen LogP contribution in [0.15, 0.2) is 0 Å². The topological polar surface area (TPSA) is 17.1 Å². The van der Waals surface area contributed by atoms with Gasteiger partial charge in [0.25, 0.3) is 0 Å². The van der Waals surface area contributed by atoms with Gasteiger partial charge in [-0.1, -0.05) is 0 Å². The van der Waals surface area contributed by atoms with Crippen molar-refractivity contribution in [1.82, 2.24) is 0 Å². The first-order valence-electron chi connectivity index (χ1n) is 1.71. The maximum absolute atomic E-state index is 11.4. The molecular weight excluding hydrogens is 249 g/mol. The van der Waals surface area contributed by atoms with E-state index in [2.05, 4.69) is 11.6 Å². The summed E-state index contributed by atoms with van der Waals surface area (Å²) in [4.78, 5) is 0. The van der Waals surface area contributed by atoms with E-state index in [1.807, 2.05) is 0 Å². The van der Waals surface area contributed by atoms with Crippen molar-refractivity contribution in [3.8, 4) is 0 Å². The van der Waals surface area contributed by atoms with Crippen LogP contribution in [0.25, 0.3) is 0 Å². The summed E-state index contributed by atoms with van der Waals surface area (Å²) in [6.07, 6.45) is 0. The van der Waals surface area contributed by atoms with Gasteiger partial charge < -0.3 is 0 Å². The monoisotopic (exact) mass is 250 g/mol. The first kappa shape index (κ1) is 10.3. The summed E-state index contributed by atoms with van der Waals surface area (Å²) in [6.45, 7) is 0. The molecule has 0 aromatic carbocycles. The van der Waals surface area contributed by atoms with Crippen LogP contribution in [-0.2, 0) is 3.83 Å². The standard InChI is InChI=1S/C2ClF5OSe/c3-1(4,5)10(9)2(6,7)8. The Morgan fingerprint density at radius 1 is 1.10 bits per heavy atom.